The van der Waals surface area contributed by atoms with Crippen LogP contribution in [0.4, 0.5) is 8.78 Å². The van der Waals surface area contributed by atoms with Crippen molar-refractivity contribution in [1.29, 1.82) is 0 Å². The topological polar surface area (TPSA) is 123 Å². The molecule has 0 saturated carbocycles. The van der Waals surface area contributed by atoms with Crippen LogP contribution in [0.5, 0.6) is 0 Å². The molecule has 0 spiro atoms. The smallest absolute Gasteiger partial charge is 0.173 e. The highest BCUT2D eigenvalue weighted by Crippen LogP contribution is 2.36. The third kappa shape index (κ3) is 5.30. The number of aromatic nitrogens is 3. The number of aliphatic hydroxyl groups is 2. The van der Waals surface area contributed by atoms with E-state index in [9.17, 15) is 19.0 Å². The van der Waals surface area contributed by atoms with Crippen LogP contribution in [0.1, 0.15) is 31.7 Å². The molecule has 10 nitrogen and oxygen atoms in total. The largest absolute Gasteiger partial charge is 0.394 e. The van der Waals surface area contributed by atoms with Gasteiger partial charge in [-0.2, -0.15) is 0 Å². The molecule has 0 radical (unpaired) electrons. The fourth-order valence-corrected chi connectivity index (χ4v) is 5.76. The van der Waals surface area contributed by atoms with E-state index in [0.717, 1.165) is 31.6 Å². The summed E-state index contributed by atoms with van der Waals surface area (Å²) in [5.41, 5.74) is 1.07. The van der Waals surface area contributed by atoms with Gasteiger partial charge in [-0.1, -0.05) is 10.4 Å². The standard InChI is InChI=1S/C24H30BrF2N5O5/c1-35-24-18(9-13-8-16(30-37-13)12-4-6-28-7-5-12)36-19(11-33)23(34)22(24)32-10-17(29-31-32)14-2-3-15(25)21(27)20(14)26/h2-3,10,12-13,18-19,22-24,28,33-34H,4-9,11H2,1H3/t13-,18-,19-,22+,23+,24+/m1/s1. The third-order valence-corrected chi connectivity index (χ3v) is 8.04. The Kier molecular flexibility index (Phi) is 8.17. The molecule has 1 aromatic carbocycles. The zero-order chi connectivity index (χ0) is 26.1. The summed E-state index contributed by atoms with van der Waals surface area (Å²) in [4.78, 5) is 5.74. The van der Waals surface area contributed by atoms with Crippen molar-refractivity contribution in [3.63, 3.8) is 0 Å². The van der Waals surface area contributed by atoms with E-state index in [-0.39, 0.29) is 21.8 Å². The number of halogens is 3. The lowest BCUT2D eigenvalue weighted by Crippen LogP contribution is -2.57. The second kappa shape index (κ2) is 11.4. The summed E-state index contributed by atoms with van der Waals surface area (Å²) < 4.78 is 41.8. The lowest BCUT2D eigenvalue weighted by atomic mass is 9.87. The molecule has 4 heterocycles. The molecule has 2 fully saturated rings. The van der Waals surface area contributed by atoms with Gasteiger partial charge in [0.25, 0.3) is 0 Å². The van der Waals surface area contributed by atoms with Gasteiger partial charge in [0.2, 0.25) is 0 Å². The maximum atomic E-state index is 14.6. The third-order valence-electron chi connectivity index (χ3n) is 7.42. The number of ether oxygens (including phenoxy) is 2. The average molecular weight is 586 g/mol. The van der Waals surface area contributed by atoms with Crippen molar-refractivity contribution in [2.45, 2.75) is 62.2 Å². The van der Waals surface area contributed by atoms with E-state index in [1.54, 1.807) is 0 Å². The van der Waals surface area contributed by atoms with Crippen LogP contribution in [0, 0.1) is 17.6 Å². The number of piperidine rings is 1. The number of aliphatic hydroxyl groups excluding tert-OH is 2. The molecule has 37 heavy (non-hydrogen) atoms. The van der Waals surface area contributed by atoms with Gasteiger partial charge in [-0.15, -0.1) is 5.10 Å². The number of hydrogen-bond donors (Lipinski definition) is 3. The molecule has 2 saturated heterocycles. The molecule has 3 N–H and O–H groups in total. The summed E-state index contributed by atoms with van der Waals surface area (Å²) in [5.74, 6) is -1.70. The Bertz CT molecular complexity index is 1130. The van der Waals surface area contributed by atoms with E-state index in [2.05, 4.69) is 36.7 Å². The van der Waals surface area contributed by atoms with Crippen molar-refractivity contribution in [1.82, 2.24) is 20.3 Å². The molecule has 5 rings (SSSR count). The van der Waals surface area contributed by atoms with Gasteiger partial charge >= 0.3 is 0 Å². The summed E-state index contributed by atoms with van der Waals surface area (Å²) in [6.07, 6.45) is 0.982. The molecular formula is C24H30BrF2N5O5. The molecule has 13 heteroatoms. The molecule has 3 aliphatic rings. The first kappa shape index (κ1) is 26.6. The molecule has 0 unspecified atom stereocenters. The van der Waals surface area contributed by atoms with Crippen molar-refractivity contribution in [3.05, 3.63) is 34.4 Å². The van der Waals surface area contributed by atoms with E-state index in [0.29, 0.717) is 18.8 Å². The lowest BCUT2D eigenvalue weighted by molar-refractivity contribution is -0.219. The number of hydrogen-bond acceptors (Lipinski definition) is 9. The molecule has 3 aliphatic heterocycles. The first-order chi connectivity index (χ1) is 17.9. The molecule has 0 aliphatic carbocycles. The van der Waals surface area contributed by atoms with Gasteiger partial charge in [0.15, 0.2) is 11.6 Å². The predicted octanol–water partition coefficient (Wildman–Crippen LogP) is 2.20. The zero-order valence-corrected chi connectivity index (χ0v) is 21.9. The molecule has 2 aromatic rings. The minimum Gasteiger partial charge on any atom is -0.394 e. The van der Waals surface area contributed by atoms with Crippen LogP contribution in [0.3, 0.4) is 0 Å². The van der Waals surface area contributed by atoms with Crippen molar-refractivity contribution < 1.29 is 33.3 Å². The van der Waals surface area contributed by atoms with Gasteiger partial charge < -0.3 is 29.8 Å². The molecule has 0 amide bonds. The normalized spacial score (nSPS) is 30.8. The van der Waals surface area contributed by atoms with Crippen LogP contribution in [0.25, 0.3) is 11.3 Å². The summed E-state index contributed by atoms with van der Waals surface area (Å²) in [6.45, 7) is 1.49. The fraction of sp³-hybridized carbons (Fsp3) is 0.625. The van der Waals surface area contributed by atoms with Gasteiger partial charge in [0.1, 0.15) is 36.2 Å². The van der Waals surface area contributed by atoms with Gasteiger partial charge in [-0.05, 0) is 54.0 Å². The van der Waals surface area contributed by atoms with E-state index in [4.69, 9.17) is 14.3 Å². The zero-order valence-electron chi connectivity index (χ0n) is 20.3. The maximum Gasteiger partial charge on any atom is 0.173 e. The SMILES string of the molecule is CO[C@@H]1[C@@H](n2cc(-c3ccc(Br)c(F)c3F)nn2)[C@@H](O)[C@@H](CO)O[C@@H]1C[C@H]1CC(C2CCNCC2)=NO1. The monoisotopic (exact) mass is 585 g/mol. The Morgan fingerprint density at radius 1 is 1.22 bits per heavy atom. The molecule has 0 bridgehead atoms. The van der Waals surface area contributed by atoms with E-state index in [1.165, 1.54) is 30.1 Å². The highest BCUT2D eigenvalue weighted by Gasteiger charge is 2.48. The second-order valence-corrected chi connectivity index (χ2v) is 10.5. The number of benzene rings is 1. The van der Waals surface area contributed by atoms with E-state index in [1.807, 2.05) is 0 Å². The summed E-state index contributed by atoms with van der Waals surface area (Å²) in [5, 5.41) is 36.8. The van der Waals surface area contributed by atoms with Gasteiger partial charge in [-0.3, -0.25) is 0 Å². The van der Waals surface area contributed by atoms with Gasteiger partial charge in [0.05, 0.1) is 29.1 Å². The van der Waals surface area contributed by atoms with Crippen molar-refractivity contribution in [2.75, 3.05) is 26.8 Å². The lowest BCUT2D eigenvalue weighted by Gasteiger charge is -2.44. The molecule has 1 aromatic heterocycles. The van der Waals surface area contributed by atoms with Crippen LogP contribution in [0.15, 0.2) is 28.0 Å². The van der Waals surface area contributed by atoms with Crippen molar-refractivity contribution in [2.24, 2.45) is 11.1 Å². The average Bonchev–Trinajstić information content (AvgIpc) is 3.58. The minimum atomic E-state index is -1.20. The highest BCUT2D eigenvalue weighted by atomic mass is 79.9. The summed E-state index contributed by atoms with van der Waals surface area (Å²) in [7, 11) is 1.49. The Morgan fingerprint density at radius 3 is 2.73 bits per heavy atom. The fourth-order valence-electron chi connectivity index (χ4n) is 5.46. The summed E-state index contributed by atoms with van der Waals surface area (Å²) >= 11 is 2.96. The van der Waals surface area contributed by atoms with E-state index >= 15 is 0 Å². The Hall–Kier alpha value is -2.03. The Balaban J connectivity index is 1.35. The summed E-state index contributed by atoms with van der Waals surface area (Å²) in [6, 6.07) is 1.96. The van der Waals surface area contributed by atoms with Crippen LogP contribution in [-0.2, 0) is 14.3 Å². The predicted molar refractivity (Wildman–Crippen MR) is 132 cm³/mol. The number of rotatable bonds is 7. The Morgan fingerprint density at radius 2 is 2.00 bits per heavy atom. The molecule has 6 atom stereocenters. The van der Waals surface area contributed by atoms with Gasteiger partial charge in [-0.25, -0.2) is 13.5 Å². The Labute approximate surface area is 221 Å². The molecular weight excluding hydrogens is 556 g/mol. The minimum absolute atomic E-state index is 0.00417. The number of methoxy groups -OCH3 is 1. The van der Waals surface area contributed by atoms with Crippen LogP contribution < -0.4 is 5.32 Å². The number of nitrogens with one attached hydrogen (secondary N) is 1. The highest BCUT2D eigenvalue weighted by molar-refractivity contribution is 9.10. The number of oxime groups is 1. The quantitative estimate of drug-likeness (QED) is 0.423. The first-order valence-electron chi connectivity index (χ1n) is 12.4. The second-order valence-electron chi connectivity index (χ2n) is 9.66. The van der Waals surface area contributed by atoms with Crippen LogP contribution >= 0.6 is 15.9 Å². The van der Waals surface area contributed by atoms with Crippen molar-refractivity contribution >= 4 is 21.6 Å². The molecule has 202 valence electrons. The van der Waals surface area contributed by atoms with Crippen molar-refractivity contribution in [3.8, 4) is 11.3 Å². The van der Waals surface area contributed by atoms with E-state index < -0.39 is 48.7 Å². The van der Waals surface area contributed by atoms with Crippen LogP contribution in [-0.4, -0.2) is 88.2 Å². The van der Waals surface area contributed by atoms with Crippen LogP contribution in [0.2, 0.25) is 0 Å². The van der Waals surface area contributed by atoms with Gasteiger partial charge in [0, 0.05) is 31.4 Å². The first-order valence-corrected chi connectivity index (χ1v) is 13.2. The maximum absolute atomic E-state index is 14.6. The number of nitrogens with zero attached hydrogens (tertiary/aromatic N) is 4.